The lowest BCUT2D eigenvalue weighted by molar-refractivity contribution is -0.125. The summed E-state index contributed by atoms with van der Waals surface area (Å²) in [6, 6.07) is 7.56. The van der Waals surface area contributed by atoms with Crippen molar-refractivity contribution in [3.63, 3.8) is 0 Å². The van der Waals surface area contributed by atoms with Gasteiger partial charge >= 0.3 is 0 Å². The second-order valence-corrected chi connectivity index (χ2v) is 7.43. The van der Waals surface area contributed by atoms with E-state index in [2.05, 4.69) is 10.3 Å². The van der Waals surface area contributed by atoms with Crippen LogP contribution >= 0.6 is 0 Å². The first-order valence-corrected chi connectivity index (χ1v) is 9.44. The number of likely N-dealkylation sites (tertiary alicyclic amines) is 1. The second-order valence-electron chi connectivity index (χ2n) is 7.43. The Morgan fingerprint density at radius 1 is 1.30 bits per heavy atom. The van der Waals surface area contributed by atoms with Crippen LogP contribution in [0.25, 0.3) is 10.9 Å². The zero-order chi connectivity index (χ0) is 19.6. The molecule has 2 aromatic rings. The third-order valence-corrected chi connectivity index (χ3v) is 5.03. The van der Waals surface area contributed by atoms with Crippen LogP contribution in [0.3, 0.4) is 0 Å². The van der Waals surface area contributed by atoms with E-state index in [1.807, 2.05) is 49.9 Å². The molecule has 1 atom stereocenters. The lowest BCUT2D eigenvalue weighted by Gasteiger charge is -2.33. The van der Waals surface area contributed by atoms with Gasteiger partial charge in [0.15, 0.2) is 0 Å². The van der Waals surface area contributed by atoms with Crippen LogP contribution < -0.4 is 10.1 Å². The molecule has 0 bridgehead atoms. The number of hydrogen-bond acceptors (Lipinski definition) is 4. The molecule has 2 heterocycles. The van der Waals surface area contributed by atoms with E-state index in [1.54, 1.807) is 7.11 Å². The van der Waals surface area contributed by atoms with Gasteiger partial charge in [0.25, 0.3) is 5.91 Å². The van der Waals surface area contributed by atoms with E-state index in [4.69, 9.17) is 4.74 Å². The van der Waals surface area contributed by atoms with Gasteiger partial charge in [0.1, 0.15) is 5.75 Å². The van der Waals surface area contributed by atoms with Crippen molar-refractivity contribution in [3.8, 4) is 5.75 Å². The van der Waals surface area contributed by atoms with Gasteiger partial charge in [-0.3, -0.25) is 14.6 Å². The monoisotopic (exact) mass is 369 g/mol. The van der Waals surface area contributed by atoms with Gasteiger partial charge in [-0.15, -0.1) is 0 Å². The molecule has 1 saturated heterocycles. The van der Waals surface area contributed by atoms with Gasteiger partial charge in [-0.2, -0.15) is 0 Å². The maximum absolute atomic E-state index is 13.1. The molecule has 0 aliphatic carbocycles. The molecular weight excluding hydrogens is 342 g/mol. The minimum atomic E-state index is -0.0556. The summed E-state index contributed by atoms with van der Waals surface area (Å²) < 4.78 is 5.25. The van der Waals surface area contributed by atoms with Gasteiger partial charge in [-0.25, -0.2) is 0 Å². The Morgan fingerprint density at radius 2 is 2.07 bits per heavy atom. The van der Waals surface area contributed by atoms with Crippen LogP contribution in [0.15, 0.2) is 24.3 Å². The number of amides is 2. The Hall–Kier alpha value is -2.63. The first-order chi connectivity index (χ1) is 12.9. The Bertz CT molecular complexity index is 863. The number of aryl methyl sites for hydroxylation is 1. The fourth-order valence-electron chi connectivity index (χ4n) is 3.40. The highest BCUT2D eigenvalue weighted by molar-refractivity contribution is 5.99. The van der Waals surface area contributed by atoms with Crippen molar-refractivity contribution < 1.29 is 14.3 Å². The van der Waals surface area contributed by atoms with E-state index >= 15 is 0 Å². The van der Waals surface area contributed by atoms with E-state index in [1.165, 1.54) is 0 Å². The molecule has 2 amide bonds. The average Bonchev–Trinajstić information content (AvgIpc) is 2.66. The SMILES string of the molecule is COc1ccc2cc(C(=O)N3CCCC(NC(=O)C(C)C)C3)c(C)nc2c1. The molecule has 1 aliphatic rings. The summed E-state index contributed by atoms with van der Waals surface area (Å²) >= 11 is 0. The summed E-state index contributed by atoms with van der Waals surface area (Å²) in [5.74, 6) is 0.696. The van der Waals surface area contributed by atoms with E-state index < -0.39 is 0 Å². The molecule has 1 aromatic carbocycles. The second kappa shape index (κ2) is 7.94. The van der Waals surface area contributed by atoms with Crippen molar-refractivity contribution in [2.45, 2.75) is 39.7 Å². The highest BCUT2D eigenvalue weighted by atomic mass is 16.5. The van der Waals surface area contributed by atoms with Crippen molar-refractivity contribution in [1.29, 1.82) is 0 Å². The van der Waals surface area contributed by atoms with Crippen molar-refractivity contribution >= 4 is 22.7 Å². The van der Waals surface area contributed by atoms with E-state index in [0.29, 0.717) is 24.3 Å². The zero-order valence-electron chi connectivity index (χ0n) is 16.4. The van der Waals surface area contributed by atoms with Crippen LogP contribution in [-0.2, 0) is 4.79 Å². The van der Waals surface area contributed by atoms with Gasteiger partial charge in [0, 0.05) is 36.5 Å². The van der Waals surface area contributed by atoms with E-state index in [-0.39, 0.29) is 23.8 Å². The van der Waals surface area contributed by atoms with Crippen LogP contribution in [-0.4, -0.2) is 47.9 Å². The molecule has 1 aromatic heterocycles. The number of fused-ring (bicyclic) bond motifs is 1. The Labute approximate surface area is 159 Å². The molecule has 144 valence electrons. The highest BCUT2D eigenvalue weighted by Crippen LogP contribution is 2.23. The molecule has 0 saturated carbocycles. The lowest BCUT2D eigenvalue weighted by atomic mass is 10.0. The first-order valence-electron chi connectivity index (χ1n) is 9.44. The molecule has 3 rings (SSSR count). The summed E-state index contributed by atoms with van der Waals surface area (Å²) in [4.78, 5) is 31.5. The Balaban J connectivity index is 1.80. The third kappa shape index (κ3) is 4.21. The molecule has 0 radical (unpaired) electrons. The van der Waals surface area contributed by atoms with Crippen LogP contribution in [0.5, 0.6) is 5.75 Å². The smallest absolute Gasteiger partial charge is 0.255 e. The maximum Gasteiger partial charge on any atom is 0.255 e. The summed E-state index contributed by atoms with van der Waals surface area (Å²) in [6.07, 6.45) is 1.78. The Morgan fingerprint density at radius 3 is 2.78 bits per heavy atom. The summed E-state index contributed by atoms with van der Waals surface area (Å²) in [6.45, 7) is 6.85. The first kappa shape index (κ1) is 19.1. The standard InChI is InChI=1S/C21H27N3O3/c1-13(2)20(25)23-16-6-5-9-24(12-16)21(26)18-10-15-7-8-17(27-4)11-19(15)22-14(18)3/h7-8,10-11,13,16H,5-6,9,12H2,1-4H3,(H,23,25). The van der Waals surface area contributed by atoms with Crippen LogP contribution in [0, 0.1) is 12.8 Å². The molecule has 1 unspecified atom stereocenters. The number of nitrogens with one attached hydrogen (secondary N) is 1. The van der Waals surface area contributed by atoms with Gasteiger partial charge < -0.3 is 15.0 Å². The van der Waals surface area contributed by atoms with Crippen molar-refractivity contribution in [2.24, 2.45) is 5.92 Å². The highest BCUT2D eigenvalue weighted by Gasteiger charge is 2.27. The van der Waals surface area contributed by atoms with Crippen LogP contribution in [0.1, 0.15) is 42.7 Å². The van der Waals surface area contributed by atoms with Crippen molar-refractivity contribution in [3.05, 3.63) is 35.5 Å². The average molecular weight is 369 g/mol. The molecule has 6 heteroatoms. The number of hydrogen-bond donors (Lipinski definition) is 1. The van der Waals surface area contributed by atoms with Gasteiger partial charge in [-0.05, 0) is 38.0 Å². The molecule has 0 spiro atoms. The third-order valence-electron chi connectivity index (χ3n) is 5.03. The number of methoxy groups -OCH3 is 1. The number of aromatic nitrogens is 1. The van der Waals surface area contributed by atoms with Gasteiger partial charge in [0.05, 0.1) is 23.9 Å². The van der Waals surface area contributed by atoms with Gasteiger partial charge in [-0.1, -0.05) is 13.8 Å². The molecule has 1 fully saturated rings. The molecule has 1 aliphatic heterocycles. The normalized spacial score (nSPS) is 17.2. The number of piperidine rings is 1. The van der Waals surface area contributed by atoms with Crippen molar-refractivity contribution in [2.75, 3.05) is 20.2 Å². The quantitative estimate of drug-likeness (QED) is 0.899. The topological polar surface area (TPSA) is 71.5 Å². The fraction of sp³-hybridized carbons (Fsp3) is 0.476. The molecular formula is C21H27N3O3. The van der Waals surface area contributed by atoms with E-state index in [9.17, 15) is 9.59 Å². The summed E-state index contributed by atoms with van der Waals surface area (Å²) in [5, 5.41) is 3.96. The minimum absolute atomic E-state index is 0.00980. The predicted molar refractivity (Wildman–Crippen MR) is 105 cm³/mol. The van der Waals surface area contributed by atoms with Crippen LogP contribution in [0.2, 0.25) is 0 Å². The number of ether oxygens (including phenoxy) is 1. The number of carbonyl (C=O) groups is 2. The Kier molecular flexibility index (Phi) is 5.63. The minimum Gasteiger partial charge on any atom is -0.497 e. The van der Waals surface area contributed by atoms with Gasteiger partial charge in [0.2, 0.25) is 5.91 Å². The van der Waals surface area contributed by atoms with E-state index in [0.717, 1.165) is 29.5 Å². The zero-order valence-corrected chi connectivity index (χ0v) is 16.4. The number of benzene rings is 1. The van der Waals surface area contributed by atoms with Crippen LogP contribution in [0.4, 0.5) is 0 Å². The number of nitrogens with zero attached hydrogens (tertiary/aromatic N) is 2. The fourth-order valence-corrected chi connectivity index (χ4v) is 3.40. The molecule has 27 heavy (non-hydrogen) atoms. The predicted octanol–water partition coefficient (Wildman–Crippen LogP) is 2.93. The maximum atomic E-state index is 13.1. The lowest BCUT2D eigenvalue weighted by Crippen LogP contribution is -2.50. The summed E-state index contributed by atoms with van der Waals surface area (Å²) in [7, 11) is 1.62. The number of carbonyl (C=O) groups excluding carboxylic acids is 2. The largest absolute Gasteiger partial charge is 0.497 e. The molecule has 6 nitrogen and oxygen atoms in total. The summed E-state index contributed by atoms with van der Waals surface area (Å²) in [5.41, 5.74) is 2.13. The number of pyridine rings is 1. The molecule has 1 N–H and O–H groups in total. The number of rotatable bonds is 4. The van der Waals surface area contributed by atoms with Crippen molar-refractivity contribution in [1.82, 2.24) is 15.2 Å².